The number of esters is 1. The molecule has 1 aliphatic heterocycles. The number of hydrogen-bond donors (Lipinski definition) is 0. The molecule has 1 rings (SSSR count). The summed E-state index contributed by atoms with van der Waals surface area (Å²) in [5, 5.41) is 4.11. The molecule has 0 aromatic carbocycles. The molecule has 4 heteroatoms. The van der Waals surface area contributed by atoms with E-state index in [2.05, 4.69) is 10.1 Å². The molecule has 1 unspecified atom stereocenters. The van der Waals surface area contributed by atoms with Crippen molar-refractivity contribution in [2.45, 2.75) is 12.5 Å². The molecule has 1 aliphatic rings. The van der Waals surface area contributed by atoms with Gasteiger partial charge in [0.05, 0.1) is 26.2 Å². The van der Waals surface area contributed by atoms with Gasteiger partial charge in [-0.1, -0.05) is 0 Å². The third-order valence-electron chi connectivity index (χ3n) is 1.56. The number of nitrogens with zero attached hydrogens (tertiary/aromatic N) is 1. The maximum Gasteiger partial charge on any atom is 0.308 e. The van der Waals surface area contributed by atoms with E-state index in [4.69, 9.17) is 4.74 Å². The molecule has 11 heavy (non-hydrogen) atoms. The molecule has 0 N–H and O–H groups in total. The molecule has 1 radical (unpaired) electrons. The van der Waals surface area contributed by atoms with E-state index in [1.807, 2.05) is 0 Å². The van der Waals surface area contributed by atoms with E-state index in [1.54, 1.807) is 0 Å². The van der Waals surface area contributed by atoms with Crippen molar-refractivity contribution in [3.8, 4) is 0 Å². The van der Waals surface area contributed by atoms with Crippen LogP contribution in [-0.2, 0) is 14.3 Å². The topological polar surface area (TPSA) is 49.6 Å². The predicted molar refractivity (Wildman–Crippen MR) is 38.2 cm³/mol. The third kappa shape index (κ3) is 2.86. The van der Waals surface area contributed by atoms with Gasteiger partial charge in [-0.3, -0.25) is 4.79 Å². The van der Waals surface area contributed by atoms with Gasteiger partial charge in [0, 0.05) is 13.1 Å². The molecule has 0 bridgehead atoms. The molecule has 0 aromatic heterocycles. The third-order valence-corrected chi connectivity index (χ3v) is 1.56. The fourth-order valence-corrected chi connectivity index (χ4v) is 0.965. The Morgan fingerprint density at radius 1 is 1.82 bits per heavy atom. The van der Waals surface area contributed by atoms with Crippen LogP contribution >= 0.6 is 0 Å². The maximum atomic E-state index is 10.7. The summed E-state index contributed by atoms with van der Waals surface area (Å²) in [5.41, 5.74) is 0. The second kappa shape index (κ2) is 4.31. The van der Waals surface area contributed by atoms with Crippen LogP contribution in [0.4, 0.5) is 0 Å². The van der Waals surface area contributed by atoms with Crippen LogP contribution in [0.1, 0.15) is 6.42 Å². The molecule has 0 amide bonds. The molecule has 63 valence electrons. The highest BCUT2D eigenvalue weighted by molar-refractivity contribution is 5.69. The first-order valence-corrected chi connectivity index (χ1v) is 3.64. The van der Waals surface area contributed by atoms with E-state index >= 15 is 0 Å². The molecule has 0 spiro atoms. The van der Waals surface area contributed by atoms with E-state index in [-0.39, 0.29) is 12.1 Å². The summed E-state index contributed by atoms with van der Waals surface area (Å²) in [6, 6.07) is 0. The highest BCUT2D eigenvalue weighted by Crippen LogP contribution is 2.02. The number of methoxy groups -OCH3 is 1. The Morgan fingerprint density at radius 3 is 3.18 bits per heavy atom. The molecule has 1 saturated heterocycles. The monoisotopic (exact) mass is 158 g/mol. The zero-order valence-electron chi connectivity index (χ0n) is 6.58. The Morgan fingerprint density at radius 2 is 2.64 bits per heavy atom. The summed E-state index contributed by atoms with van der Waals surface area (Å²) >= 11 is 0. The number of ether oxygens (including phenoxy) is 2. The van der Waals surface area contributed by atoms with Crippen LogP contribution in [0.15, 0.2) is 0 Å². The van der Waals surface area contributed by atoms with Crippen molar-refractivity contribution < 1.29 is 14.3 Å². The smallest absolute Gasteiger partial charge is 0.308 e. The van der Waals surface area contributed by atoms with Crippen molar-refractivity contribution in [3.05, 3.63) is 0 Å². The summed E-state index contributed by atoms with van der Waals surface area (Å²) < 4.78 is 9.75. The van der Waals surface area contributed by atoms with Crippen molar-refractivity contribution >= 4 is 5.97 Å². The van der Waals surface area contributed by atoms with Crippen molar-refractivity contribution in [1.82, 2.24) is 5.32 Å². The van der Waals surface area contributed by atoms with Crippen molar-refractivity contribution in [1.29, 1.82) is 0 Å². The van der Waals surface area contributed by atoms with E-state index in [0.717, 1.165) is 6.54 Å². The van der Waals surface area contributed by atoms with Gasteiger partial charge in [0.1, 0.15) is 0 Å². The molecule has 0 aromatic rings. The molecule has 1 atom stereocenters. The molecule has 1 heterocycles. The van der Waals surface area contributed by atoms with E-state index in [0.29, 0.717) is 19.6 Å². The number of rotatable bonds is 2. The lowest BCUT2D eigenvalue weighted by Crippen LogP contribution is -2.35. The minimum absolute atomic E-state index is 0.0591. The SMILES string of the molecule is COC(=O)CC1C[N]CCO1. The standard InChI is InChI=1S/C7H12NO3/c1-10-7(9)4-6-5-8-2-3-11-6/h6H,2-5H2,1H3. The average molecular weight is 158 g/mol. The Balaban J connectivity index is 2.19. The summed E-state index contributed by atoms with van der Waals surface area (Å²) in [6.07, 6.45) is 0.260. The molecule has 1 fully saturated rings. The van der Waals surface area contributed by atoms with Gasteiger partial charge < -0.3 is 9.47 Å². The van der Waals surface area contributed by atoms with Crippen LogP contribution in [-0.4, -0.2) is 38.9 Å². The normalized spacial score (nSPS) is 24.6. The fraction of sp³-hybridized carbons (Fsp3) is 0.857. The Labute approximate surface area is 65.9 Å². The lowest BCUT2D eigenvalue weighted by atomic mass is 10.2. The Kier molecular flexibility index (Phi) is 3.32. The molecule has 4 nitrogen and oxygen atoms in total. The quantitative estimate of drug-likeness (QED) is 0.511. The van der Waals surface area contributed by atoms with Gasteiger partial charge in [0.2, 0.25) is 0 Å². The molecular weight excluding hydrogens is 146 g/mol. The lowest BCUT2D eigenvalue weighted by molar-refractivity contribution is -0.144. The summed E-state index contributed by atoms with van der Waals surface area (Å²) in [5.74, 6) is -0.230. The maximum absolute atomic E-state index is 10.7. The van der Waals surface area contributed by atoms with Crippen LogP contribution in [0.25, 0.3) is 0 Å². The van der Waals surface area contributed by atoms with Crippen LogP contribution in [0.2, 0.25) is 0 Å². The largest absolute Gasteiger partial charge is 0.469 e. The minimum atomic E-state index is -0.230. The second-order valence-corrected chi connectivity index (χ2v) is 2.40. The number of carbonyl (C=O) groups is 1. The zero-order chi connectivity index (χ0) is 8.10. The summed E-state index contributed by atoms with van der Waals surface area (Å²) in [6.45, 7) is 1.99. The molecular formula is C7H12NO3. The summed E-state index contributed by atoms with van der Waals surface area (Å²) in [7, 11) is 1.38. The van der Waals surface area contributed by atoms with Crippen LogP contribution in [0, 0.1) is 0 Å². The van der Waals surface area contributed by atoms with E-state index < -0.39 is 0 Å². The van der Waals surface area contributed by atoms with E-state index in [1.165, 1.54) is 7.11 Å². The van der Waals surface area contributed by atoms with Crippen molar-refractivity contribution in [2.75, 3.05) is 26.8 Å². The highest BCUT2D eigenvalue weighted by Gasteiger charge is 2.17. The van der Waals surface area contributed by atoms with Crippen LogP contribution in [0.5, 0.6) is 0 Å². The summed E-state index contributed by atoms with van der Waals surface area (Å²) in [4.78, 5) is 10.7. The van der Waals surface area contributed by atoms with Crippen molar-refractivity contribution in [2.24, 2.45) is 0 Å². The highest BCUT2D eigenvalue weighted by atomic mass is 16.5. The molecule has 0 saturated carbocycles. The van der Waals surface area contributed by atoms with Crippen LogP contribution in [0.3, 0.4) is 0 Å². The first-order chi connectivity index (χ1) is 5.33. The Bertz CT molecular complexity index is 132. The Hall–Kier alpha value is -0.610. The zero-order valence-corrected chi connectivity index (χ0v) is 6.58. The van der Waals surface area contributed by atoms with E-state index in [9.17, 15) is 4.79 Å². The van der Waals surface area contributed by atoms with Gasteiger partial charge in [-0.15, -0.1) is 0 Å². The van der Waals surface area contributed by atoms with Gasteiger partial charge >= 0.3 is 5.97 Å². The van der Waals surface area contributed by atoms with Gasteiger partial charge in [-0.25, -0.2) is 5.32 Å². The van der Waals surface area contributed by atoms with Gasteiger partial charge in [-0.05, 0) is 0 Å². The fourth-order valence-electron chi connectivity index (χ4n) is 0.965. The number of morpholine rings is 1. The van der Waals surface area contributed by atoms with Gasteiger partial charge in [-0.2, -0.15) is 0 Å². The minimum Gasteiger partial charge on any atom is -0.469 e. The average Bonchev–Trinajstić information content (AvgIpc) is 2.06. The van der Waals surface area contributed by atoms with Crippen LogP contribution < -0.4 is 5.32 Å². The predicted octanol–water partition coefficient (Wildman–Crippen LogP) is -0.447. The molecule has 0 aliphatic carbocycles. The lowest BCUT2D eigenvalue weighted by Gasteiger charge is -2.20. The van der Waals surface area contributed by atoms with Crippen molar-refractivity contribution in [3.63, 3.8) is 0 Å². The number of hydrogen-bond acceptors (Lipinski definition) is 3. The number of carbonyl (C=O) groups excluding carboxylic acids is 1. The second-order valence-electron chi connectivity index (χ2n) is 2.40. The van der Waals surface area contributed by atoms with Gasteiger partial charge in [0.15, 0.2) is 0 Å². The van der Waals surface area contributed by atoms with Gasteiger partial charge in [0.25, 0.3) is 0 Å². The first-order valence-electron chi connectivity index (χ1n) is 3.64. The first kappa shape index (κ1) is 8.49.